The van der Waals surface area contributed by atoms with Gasteiger partial charge in [0.05, 0.1) is 5.71 Å². The standard InChI is InChI=1S/C15H28N4O/c1-12(2)19-8-6-13(7-9-19)10-15(20)5-3-4-14(11-16)18-17/h11-13,16H,3-10,17H2,1-2H3. The molecular formula is C15H28N4O. The predicted octanol–water partition coefficient (Wildman–Crippen LogP) is 2.20. The molecule has 3 N–H and O–H groups in total. The minimum Gasteiger partial charge on any atom is -0.323 e. The van der Waals surface area contributed by atoms with Gasteiger partial charge >= 0.3 is 0 Å². The fourth-order valence-corrected chi connectivity index (χ4v) is 2.74. The summed E-state index contributed by atoms with van der Waals surface area (Å²) in [5.74, 6) is 6.03. The van der Waals surface area contributed by atoms with E-state index in [9.17, 15) is 4.79 Å². The third kappa shape index (κ3) is 5.82. The van der Waals surface area contributed by atoms with E-state index in [0.717, 1.165) is 38.6 Å². The maximum atomic E-state index is 11.9. The van der Waals surface area contributed by atoms with E-state index in [4.69, 9.17) is 11.3 Å². The topological polar surface area (TPSA) is 82.5 Å². The van der Waals surface area contributed by atoms with Crippen molar-refractivity contribution >= 4 is 17.7 Å². The van der Waals surface area contributed by atoms with Crippen molar-refractivity contribution in [2.24, 2.45) is 16.9 Å². The van der Waals surface area contributed by atoms with E-state index in [0.29, 0.717) is 42.7 Å². The molecule has 0 spiro atoms. The highest BCUT2D eigenvalue weighted by Crippen LogP contribution is 2.22. The molecule has 0 atom stereocenters. The van der Waals surface area contributed by atoms with E-state index in [-0.39, 0.29) is 0 Å². The van der Waals surface area contributed by atoms with Crippen LogP contribution < -0.4 is 5.84 Å². The molecule has 1 aliphatic rings. The summed E-state index contributed by atoms with van der Waals surface area (Å²) in [6, 6.07) is 0.613. The second-order valence-corrected chi connectivity index (χ2v) is 5.93. The SMILES string of the molecule is CC(C)N1CCC(CC(=O)CCCC(C=N)=NN)CC1. The number of carbonyl (C=O) groups is 1. The first-order chi connectivity index (χ1) is 9.56. The van der Waals surface area contributed by atoms with Crippen molar-refractivity contribution in [3.63, 3.8) is 0 Å². The van der Waals surface area contributed by atoms with Crippen LogP contribution in [0.3, 0.4) is 0 Å². The van der Waals surface area contributed by atoms with E-state index in [1.54, 1.807) is 0 Å². The van der Waals surface area contributed by atoms with E-state index < -0.39 is 0 Å². The monoisotopic (exact) mass is 280 g/mol. The van der Waals surface area contributed by atoms with Gasteiger partial charge in [-0.3, -0.25) is 4.79 Å². The first-order valence-corrected chi connectivity index (χ1v) is 7.59. The molecule has 1 heterocycles. The molecule has 5 heteroatoms. The maximum Gasteiger partial charge on any atom is 0.133 e. The van der Waals surface area contributed by atoms with Crippen LogP contribution in [-0.2, 0) is 4.79 Å². The predicted molar refractivity (Wildman–Crippen MR) is 83.3 cm³/mol. The molecule has 5 nitrogen and oxygen atoms in total. The smallest absolute Gasteiger partial charge is 0.133 e. The Balaban J connectivity index is 2.19. The fourth-order valence-electron chi connectivity index (χ4n) is 2.74. The Morgan fingerprint density at radius 2 is 2.05 bits per heavy atom. The Labute approximate surface area is 122 Å². The number of hydrogen-bond acceptors (Lipinski definition) is 5. The molecule has 20 heavy (non-hydrogen) atoms. The summed E-state index contributed by atoms with van der Waals surface area (Å²) >= 11 is 0. The van der Waals surface area contributed by atoms with Gasteiger partial charge < -0.3 is 16.2 Å². The van der Waals surface area contributed by atoms with E-state index in [1.165, 1.54) is 0 Å². The Kier molecular flexibility index (Phi) is 7.44. The van der Waals surface area contributed by atoms with Crippen LogP contribution in [0.15, 0.2) is 5.10 Å². The lowest BCUT2D eigenvalue weighted by molar-refractivity contribution is -0.120. The second-order valence-electron chi connectivity index (χ2n) is 5.93. The molecule has 0 aromatic carbocycles. The quantitative estimate of drug-likeness (QED) is 0.406. The maximum absolute atomic E-state index is 11.9. The zero-order valence-corrected chi connectivity index (χ0v) is 12.8. The van der Waals surface area contributed by atoms with Crippen LogP contribution >= 0.6 is 0 Å². The van der Waals surface area contributed by atoms with Gasteiger partial charge in [0.2, 0.25) is 0 Å². The summed E-state index contributed by atoms with van der Waals surface area (Å²) in [5, 5.41) is 10.6. The number of nitrogens with two attached hydrogens (primary N) is 1. The highest BCUT2D eigenvalue weighted by Gasteiger charge is 2.22. The van der Waals surface area contributed by atoms with Crippen LogP contribution in [-0.4, -0.2) is 41.7 Å². The van der Waals surface area contributed by atoms with Crippen LogP contribution in [0.4, 0.5) is 0 Å². The highest BCUT2D eigenvalue weighted by molar-refractivity contribution is 6.29. The lowest BCUT2D eigenvalue weighted by Gasteiger charge is -2.34. The van der Waals surface area contributed by atoms with Crippen molar-refractivity contribution in [3.8, 4) is 0 Å². The zero-order valence-electron chi connectivity index (χ0n) is 12.8. The van der Waals surface area contributed by atoms with Gasteiger partial charge in [0, 0.05) is 25.1 Å². The molecule has 0 radical (unpaired) electrons. The summed E-state index contributed by atoms with van der Waals surface area (Å²) in [4.78, 5) is 14.4. The summed E-state index contributed by atoms with van der Waals surface area (Å²) in [6.07, 6.45) is 6.10. The van der Waals surface area contributed by atoms with Crippen LogP contribution in [0.25, 0.3) is 0 Å². The molecule has 0 aliphatic carbocycles. The lowest BCUT2D eigenvalue weighted by atomic mass is 9.90. The van der Waals surface area contributed by atoms with Gasteiger partial charge in [-0.2, -0.15) is 5.10 Å². The molecular weight excluding hydrogens is 252 g/mol. The van der Waals surface area contributed by atoms with Gasteiger partial charge in [-0.15, -0.1) is 0 Å². The molecule has 1 rings (SSSR count). The van der Waals surface area contributed by atoms with Gasteiger partial charge in [0.1, 0.15) is 5.78 Å². The van der Waals surface area contributed by atoms with Gasteiger partial charge in [0.15, 0.2) is 0 Å². The van der Waals surface area contributed by atoms with Gasteiger partial charge in [-0.25, -0.2) is 0 Å². The summed E-state index contributed by atoms with van der Waals surface area (Å²) < 4.78 is 0. The molecule has 0 aromatic rings. The van der Waals surface area contributed by atoms with Crippen LogP contribution in [0.2, 0.25) is 0 Å². The first-order valence-electron chi connectivity index (χ1n) is 7.59. The molecule has 0 unspecified atom stereocenters. The molecule has 0 amide bonds. The number of nitrogens with one attached hydrogen (secondary N) is 1. The number of piperidine rings is 1. The Morgan fingerprint density at radius 3 is 2.55 bits per heavy atom. The first kappa shape index (κ1) is 16.8. The van der Waals surface area contributed by atoms with E-state index >= 15 is 0 Å². The van der Waals surface area contributed by atoms with Crippen molar-refractivity contribution in [2.75, 3.05) is 13.1 Å². The Hall–Kier alpha value is -1.23. The minimum atomic E-state index is 0.342. The van der Waals surface area contributed by atoms with Crippen molar-refractivity contribution in [3.05, 3.63) is 0 Å². The van der Waals surface area contributed by atoms with Crippen LogP contribution in [0, 0.1) is 11.3 Å². The van der Waals surface area contributed by atoms with Crippen molar-refractivity contribution < 1.29 is 4.79 Å². The number of hydrazone groups is 1. The molecule has 1 aliphatic heterocycles. The summed E-state index contributed by atoms with van der Waals surface area (Å²) in [6.45, 7) is 6.69. The summed E-state index contributed by atoms with van der Waals surface area (Å²) in [5.41, 5.74) is 0.558. The summed E-state index contributed by atoms with van der Waals surface area (Å²) in [7, 11) is 0. The second kappa shape index (κ2) is 8.84. The van der Waals surface area contributed by atoms with E-state index in [1.807, 2.05) is 0 Å². The van der Waals surface area contributed by atoms with Gasteiger partial charge in [0.25, 0.3) is 0 Å². The normalized spacial score (nSPS) is 18.4. The number of hydrogen-bond donors (Lipinski definition) is 2. The van der Waals surface area contributed by atoms with Gasteiger partial charge in [-0.1, -0.05) is 0 Å². The zero-order chi connectivity index (χ0) is 15.0. The minimum absolute atomic E-state index is 0.342. The van der Waals surface area contributed by atoms with Crippen molar-refractivity contribution in [1.82, 2.24) is 4.90 Å². The third-order valence-electron chi connectivity index (χ3n) is 4.12. The van der Waals surface area contributed by atoms with Crippen molar-refractivity contribution in [2.45, 2.75) is 58.4 Å². The van der Waals surface area contributed by atoms with Crippen molar-refractivity contribution in [1.29, 1.82) is 5.41 Å². The molecule has 0 bridgehead atoms. The van der Waals surface area contributed by atoms with E-state index in [2.05, 4.69) is 23.8 Å². The molecule has 1 saturated heterocycles. The lowest BCUT2D eigenvalue weighted by Crippen LogP contribution is -2.38. The largest absolute Gasteiger partial charge is 0.323 e. The number of carbonyl (C=O) groups excluding carboxylic acids is 1. The average molecular weight is 280 g/mol. The number of Topliss-reactive ketones (excluding diaryl/α,β-unsaturated/α-hetero) is 1. The van der Waals surface area contributed by atoms with Gasteiger partial charge in [-0.05, 0) is 58.5 Å². The molecule has 0 saturated carbocycles. The molecule has 0 aromatic heterocycles. The Bertz CT molecular complexity index is 344. The fraction of sp³-hybridized carbons (Fsp3) is 0.800. The molecule has 1 fully saturated rings. The van der Waals surface area contributed by atoms with Crippen LogP contribution in [0.5, 0.6) is 0 Å². The third-order valence-corrected chi connectivity index (χ3v) is 4.12. The van der Waals surface area contributed by atoms with Crippen LogP contribution in [0.1, 0.15) is 52.4 Å². The number of likely N-dealkylation sites (tertiary alicyclic amines) is 1. The number of ketones is 1. The molecule has 114 valence electrons. The Morgan fingerprint density at radius 1 is 1.40 bits per heavy atom. The number of nitrogens with zero attached hydrogens (tertiary/aromatic N) is 2. The number of rotatable bonds is 8. The average Bonchev–Trinajstić information content (AvgIpc) is 2.44. The highest BCUT2D eigenvalue weighted by atomic mass is 16.1.